The summed E-state index contributed by atoms with van der Waals surface area (Å²) in [5.74, 6) is 0.825. The molecule has 0 aliphatic heterocycles. The van der Waals surface area contributed by atoms with Gasteiger partial charge in [0.15, 0.2) is 0 Å². The molecule has 0 fully saturated rings. The third kappa shape index (κ3) is 3.31. The first kappa shape index (κ1) is 13.1. The van der Waals surface area contributed by atoms with E-state index in [-0.39, 0.29) is 6.10 Å². The second-order valence-corrected chi connectivity index (χ2v) is 5.34. The Balaban J connectivity index is 2.21. The molecule has 0 amide bonds. The van der Waals surface area contributed by atoms with E-state index in [1.807, 2.05) is 33.2 Å². The highest BCUT2D eigenvalue weighted by molar-refractivity contribution is 7.13. The fraction of sp³-hybridized carbons (Fsp3) is 0.357. The Morgan fingerprint density at radius 2 is 2.17 bits per heavy atom. The summed E-state index contributed by atoms with van der Waals surface area (Å²) in [7, 11) is 1.95. The van der Waals surface area contributed by atoms with Crippen molar-refractivity contribution < 1.29 is 4.74 Å². The van der Waals surface area contributed by atoms with Gasteiger partial charge in [-0.25, -0.2) is 0 Å². The third-order valence-corrected chi connectivity index (χ3v) is 3.43. The van der Waals surface area contributed by atoms with Gasteiger partial charge in [0.1, 0.15) is 5.75 Å². The molecule has 0 aliphatic carbocycles. The van der Waals surface area contributed by atoms with Gasteiger partial charge < -0.3 is 10.1 Å². The lowest BCUT2D eigenvalue weighted by Gasteiger charge is -2.09. The second kappa shape index (κ2) is 5.98. The highest BCUT2D eigenvalue weighted by Crippen LogP contribution is 2.29. The van der Waals surface area contributed by atoms with Gasteiger partial charge in [-0.3, -0.25) is 4.98 Å². The maximum Gasteiger partial charge on any atom is 0.138 e. The number of ether oxygens (including phenoxy) is 1. The Bertz CT molecular complexity index is 508. The van der Waals surface area contributed by atoms with Gasteiger partial charge in [0.05, 0.1) is 12.3 Å². The lowest BCUT2D eigenvalue weighted by molar-refractivity contribution is 0.241. The van der Waals surface area contributed by atoms with Crippen LogP contribution in [0.15, 0.2) is 29.9 Å². The number of rotatable bonds is 5. The first-order valence-electron chi connectivity index (χ1n) is 6.03. The van der Waals surface area contributed by atoms with Crippen molar-refractivity contribution in [3.8, 4) is 16.2 Å². The molecule has 1 N–H and O–H groups in total. The molecule has 0 radical (unpaired) electrons. The van der Waals surface area contributed by atoms with E-state index in [0.717, 1.165) is 17.9 Å². The summed E-state index contributed by atoms with van der Waals surface area (Å²) in [5, 5.41) is 5.32. The van der Waals surface area contributed by atoms with Crippen molar-refractivity contribution in [2.45, 2.75) is 26.5 Å². The zero-order chi connectivity index (χ0) is 13.0. The molecule has 2 heterocycles. The molecule has 0 aromatic carbocycles. The molecule has 2 aromatic rings. The molecular weight excluding hydrogens is 244 g/mol. The summed E-state index contributed by atoms with van der Waals surface area (Å²) in [6.07, 6.45) is 3.80. The zero-order valence-electron chi connectivity index (χ0n) is 10.9. The number of nitrogens with zero attached hydrogens (tertiary/aromatic N) is 1. The van der Waals surface area contributed by atoms with Crippen molar-refractivity contribution in [2.24, 2.45) is 0 Å². The predicted molar refractivity (Wildman–Crippen MR) is 76.1 cm³/mol. The SMILES string of the molecule is CNCc1csc(-c2cncc(OC(C)C)c2)c1. The highest BCUT2D eigenvalue weighted by Gasteiger charge is 2.05. The Morgan fingerprint density at radius 1 is 1.33 bits per heavy atom. The van der Waals surface area contributed by atoms with Gasteiger partial charge in [-0.1, -0.05) is 0 Å². The summed E-state index contributed by atoms with van der Waals surface area (Å²) in [6, 6.07) is 4.24. The number of hydrogen-bond acceptors (Lipinski definition) is 4. The summed E-state index contributed by atoms with van der Waals surface area (Å²) < 4.78 is 5.66. The van der Waals surface area contributed by atoms with Crippen molar-refractivity contribution in [3.63, 3.8) is 0 Å². The first-order valence-corrected chi connectivity index (χ1v) is 6.91. The molecule has 4 heteroatoms. The van der Waals surface area contributed by atoms with Crippen molar-refractivity contribution in [3.05, 3.63) is 35.5 Å². The molecule has 0 saturated carbocycles. The molecule has 0 aliphatic rings. The van der Waals surface area contributed by atoms with Crippen molar-refractivity contribution in [2.75, 3.05) is 7.05 Å². The van der Waals surface area contributed by atoms with E-state index in [9.17, 15) is 0 Å². The lowest BCUT2D eigenvalue weighted by Crippen LogP contribution is -2.05. The van der Waals surface area contributed by atoms with Gasteiger partial charge in [0.2, 0.25) is 0 Å². The lowest BCUT2D eigenvalue weighted by atomic mass is 10.2. The monoisotopic (exact) mass is 262 g/mol. The molecule has 3 nitrogen and oxygen atoms in total. The summed E-state index contributed by atoms with van der Waals surface area (Å²) in [4.78, 5) is 5.46. The van der Waals surface area contributed by atoms with Crippen LogP contribution in [0.4, 0.5) is 0 Å². The number of thiophene rings is 1. The van der Waals surface area contributed by atoms with Crippen LogP contribution in [0, 0.1) is 0 Å². The standard InChI is InChI=1S/C14H18N2OS/c1-10(2)17-13-5-12(7-16-8-13)14-4-11(6-15-3)9-18-14/h4-5,7-10,15H,6H2,1-3H3. The second-order valence-electron chi connectivity index (χ2n) is 4.43. The van der Waals surface area contributed by atoms with Crippen LogP contribution >= 0.6 is 11.3 Å². The average Bonchev–Trinajstić information content (AvgIpc) is 2.78. The summed E-state index contributed by atoms with van der Waals surface area (Å²) >= 11 is 1.73. The maximum absolute atomic E-state index is 5.66. The minimum Gasteiger partial charge on any atom is -0.489 e. The minimum atomic E-state index is 0.172. The van der Waals surface area contributed by atoms with E-state index in [1.54, 1.807) is 17.5 Å². The van der Waals surface area contributed by atoms with E-state index in [2.05, 4.69) is 21.7 Å². The minimum absolute atomic E-state index is 0.172. The number of nitrogens with one attached hydrogen (secondary N) is 1. The van der Waals surface area contributed by atoms with Crippen LogP contribution in [0.3, 0.4) is 0 Å². The third-order valence-electron chi connectivity index (χ3n) is 2.40. The molecule has 96 valence electrons. The van der Waals surface area contributed by atoms with Crippen LogP contribution in [0.5, 0.6) is 5.75 Å². The van der Waals surface area contributed by atoms with Gasteiger partial charge >= 0.3 is 0 Å². The molecule has 0 unspecified atom stereocenters. The maximum atomic E-state index is 5.66. The number of hydrogen-bond donors (Lipinski definition) is 1. The smallest absolute Gasteiger partial charge is 0.138 e. The van der Waals surface area contributed by atoms with E-state index in [4.69, 9.17) is 4.74 Å². The Labute approximate surface area is 112 Å². The van der Waals surface area contributed by atoms with Crippen molar-refractivity contribution in [1.82, 2.24) is 10.3 Å². The molecule has 0 atom stereocenters. The molecular formula is C14H18N2OS. The molecule has 0 saturated heterocycles. The Morgan fingerprint density at radius 3 is 2.89 bits per heavy atom. The van der Waals surface area contributed by atoms with Crippen LogP contribution < -0.4 is 10.1 Å². The van der Waals surface area contributed by atoms with Crippen LogP contribution in [0.25, 0.3) is 10.4 Å². The normalized spacial score (nSPS) is 10.9. The Kier molecular flexibility index (Phi) is 4.33. The fourth-order valence-corrected chi connectivity index (χ4v) is 2.61. The quantitative estimate of drug-likeness (QED) is 0.897. The predicted octanol–water partition coefficient (Wildman–Crippen LogP) is 3.32. The summed E-state index contributed by atoms with van der Waals surface area (Å²) in [5.41, 5.74) is 2.41. The van der Waals surface area contributed by atoms with Gasteiger partial charge in [-0.05, 0) is 44.0 Å². The fourth-order valence-electron chi connectivity index (χ4n) is 1.71. The van der Waals surface area contributed by atoms with E-state index in [0.29, 0.717) is 0 Å². The molecule has 18 heavy (non-hydrogen) atoms. The van der Waals surface area contributed by atoms with E-state index < -0.39 is 0 Å². The molecule has 0 spiro atoms. The summed E-state index contributed by atoms with van der Waals surface area (Å²) in [6.45, 7) is 4.93. The molecule has 2 rings (SSSR count). The van der Waals surface area contributed by atoms with Gasteiger partial charge in [-0.15, -0.1) is 11.3 Å². The van der Waals surface area contributed by atoms with Crippen molar-refractivity contribution >= 4 is 11.3 Å². The van der Waals surface area contributed by atoms with E-state index in [1.165, 1.54) is 10.4 Å². The van der Waals surface area contributed by atoms with Crippen molar-refractivity contribution in [1.29, 1.82) is 0 Å². The van der Waals surface area contributed by atoms with Gasteiger partial charge in [0, 0.05) is 23.2 Å². The van der Waals surface area contributed by atoms with Gasteiger partial charge in [0.25, 0.3) is 0 Å². The largest absolute Gasteiger partial charge is 0.489 e. The number of aromatic nitrogens is 1. The highest BCUT2D eigenvalue weighted by atomic mass is 32.1. The Hall–Kier alpha value is -1.39. The van der Waals surface area contributed by atoms with Crippen LogP contribution in [0.1, 0.15) is 19.4 Å². The van der Waals surface area contributed by atoms with Crippen LogP contribution in [-0.4, -0.2) is 18.1 Å². The molecule has 0 bridgehead atoms. The van der Waals surface area contributed by atoms with Crippen LogP contribution in [0.2, 0.25) is 0 Å². The zero-order valence-corrected chi connectivity index (χ0v) is 11.8. The van der Waals surface area contributed by atoms with E-state index >= 15 is 0 Å². The number of pyridine rings is 1. The molecule has 2 aromatic heterocycles. The van der Waals surface area contributed by atoms with Gasteiger partial charge in [-0.2, -0.15) is 0 Å². The first-order chi connectivity index (χ1) is 8.69. The van der Waals surface area contributed by atoms with Crippen LogP contribution in [-0.2, 0) is 6.54 Å². The average molecular weight is 262 g/mol. The topological polar surface area (TPSA) is 34.2 Å².